The second-order valence-electron chi connectivity index (χ2n) is 5.87. The maximum absolute atomic E-state index is 4.52. The summed E-state index contributed by atoms with van der Waals surface area (Å²) in [4.78, 5) is 4.52. The first-order valence-corrected chi connectivity index (χ1v) is 8.58. The first-order valence-electron chi connectivity index (χ1n) is 7.79. The molecule has 0 aliphatic heterocycles. The van der Waals surface area contributed by atoms with Gasteiger partial charge in [0.2, 0.25) is 5.95 Å². The van der Waals surface area contributed by atoms with Gasteiger partial charge >= 0.3 is 0 Å². The van der Waals surface area contributed by atoms with Crippen LogP contribution in [0.25, 0.3) is 0 Å². The maximum atomic E-state index is 4.52. The Morgan fingerprint density at radius 1 is 1.19 bits per heavy atom. The van der Waals surface area contributed by atoms with Crippen LogP contribution in [-0.2, 0) is 0 Å². The van der Waals surface area contributed by atoms with Gasteiger partial charge in [-0.2, -0.15) is 0 Å². The molecule has 3 rings (SSSR count). The van der Waals surface area contributed by atoms with Crippen LogP contribution in [0.1, 0.15) is 56.7 Å². The lowest BCUT2D eigenvalue weighted by Gasteiger charge is -2.26. The van der Waals surface area contributed by atoms with Gasteiger partial charge in [-0.3, -0.25) is 0 Å². The van der Waals surface area contributed by atoms with Gasteiger partial charge in [0.15, 0.2) is 0 Å². The molecule has 2 aromatic rings. The zero-order chi connectivity index (χ0) is 14.7. The van der Waals surface area contributed by atoms with Crippen molar-refractivity contribution in [3.63, 3.8) is 0 Å². The largest absolute Gasteiger partial charge is 0.349 e. The smallest absolute Gasteiger partial charge is 0.203 e. The van der Waals surface area contributed by atoms with Crippen LogP contribution in [0.3, 0.4) is 0 Å². The predicted molar refractivity (Wildman–Crippen MR) is 90.5 cm³/mol. The van der Waals surface area contributed by atoms with Gasteiger partial charge in [0.25, 0.3) is 0 Å². The van der Waals surface area contributed by atoms with E-state index in [0.29, 0.717) is 6.04 Å². The fourth-order valence-electron chi connectivity index (χ4n) is 3.11. The minimum absolute atomic E-state index is 0.253. The molecule has 1 N–H and O–H groups in total. The predicted octanol–water partition coefficient (Wildman–Crippen LogP) is 5.32. The number of benzene rings is 1. The number of halogens is 1. The van der Waals surface area contributed by atoms with Gasteiger partial charge in [-0.05, 0) is 37.5 Å². The first kappa shape index (κ1) is 14.6. The Balaban J connectivity index is 1.72. The molecule has 1 aromatic heterocycles. The molecule has 21 heavy (non-hydrogen) atoms. The SMILES string of the molecule is CC(Nc1nccn1C1CCCCC1)c1ccc(Br)cc1. The van der Waals surface area contributed by atoms with Gasteiger partial charge in [0.1, 0.15) is 0 Å². The lowest BCUT2D eigenvalue weighted by atomic mass is 9.95. The highest BCUT2D eigenvalue weighted by Crippen LogP contribution is 2.31. The Hall–Kier alpha value is -1.29. The van der Waals surface area contributed by atoms with Crippen LogP contribution in [0.4, 0.5) is 5.95 Å². The Labute approximate surface area is 134 Å². The molecule has 1 aromatic carbocycles. The van der Waals surface area contributed by atoms with Crippen molar-refractivity contribution in [2.45, 2.75) is 51.1 Å². The summed E-state index contributed by atoms with van der Waals surface area (Å²) in [6.45, 7) is 2.18. The molecule has 1 aliphatic rings. The van der Waals surface area contributed by atoms with Crippen molar-refractivity contribution in [1.29, 1.82) is 0 Å². The fourth-order valence-corrected chi connectivity index (χ4v) is 3.37. The van der Waals surface area contributed by atoms with Crippen LogP contribution in [0.15, 0.2) is 41.1 Å². The second kappa shape index (κ2) is 6.65. The normalized spacial score (nSPS) is 17.6. The van der Waals surface area contributed by atoms with E-state index in [1.54, 1.807) is 0 Å². The van der Waals surface area contributed by atoms with E-state index in [2.05, 4.69) is 68.2 Å². The lowest BCUT2D eigenvalue weighted by molar-refractivity contribution is 0.355. The van der Waals surface area contributed by atoms with Crippen molar-refractivity contribution < 1.29 is 0 Å². The minimum Gasteiger partial charge on any atom is -0.349 e. The molecule has 4 heteroatoms. The van der Waals surface area contributed by atoms with E-state index in [4.69, 9.17) is 0 Å². The van der Waals surface area contributed by atoms with Crippen LogP contribution >= 0.6 is 15.9 Å². The monoisotopic (exact) mass is 347 g/mol. The van der Waals surface area contributed by atoms with Crippen molar-refractivity contribution in [2.24, 2.45) is 0 Å². The van der Waals surface area contributed by atoms with Crippen LogP contribution in [0, 0.1) is 0 Å². The Morgan fingerprint density at radius 3 is 2.62 bits per heavy atom. The molecular weight excluding hydrogens is 326 g/mol. The van der Waals surface area contributed by atoms with Gasteiger partial charge in [-0.1, -0.05) is 47.3 Å². The van der Waals surface area contributed by atoms with Gasteiger partial charge < -0.3 is 9.88 Å². The molecule has 1 aliphatic carbocycles. The number of rotatable bonds is 4. The van der Waals surface area contributed by atoms with Gasteiger partial charge in [-0.25, -0.2) is 4.98 Å². The highest BCUT2D eigenvalue weighted by molar-refractivity contribution is 9.10. The molecule has 1 saturated carbocycles. The summed E-state index contributed by atoms with van der Waals surface area (Å²) < 4.78 is 3.44. The van der Waals surface area contributed by atoms with Crippen molar-refractivity contribution in [3.8, 4) is 0 Å². The van der Waals surface area contributed by atoms with E-state index in [1.165, 1.54) is 37.7 Å². The molecule has 1 atom stereocenters. The van der Waals surface area contributed by atoms with Crippen molar-refractivity contribution in [1.82, 2.24) is 9.55 Å². The standard InChI is InChI=1S/C17H22BrN3/c1-13(14-7-9-15(18)10-8-14)20-17-19-11-12-21(17)16-5-3-2-4-6-16/h7-13,16H,2-6H2,1H3,(H,19,20). The Bertz CT molecular complexity index is 570. The quantitative estimate of drug-likeness (QED) is 0.810. The van der Waals surface area contributed by atoms with Crippen molar-refractivity contribution >= 4 is 21.9 Å². The molecule has 0 amide bonds. The summed E-state index contributed by atoms with van der Waals surface area (Å²) in [5.41, 5.74) is 1.27. The number of aromatic nitrogens is 2. The van der Waals surface area contributed by atoms with E-state index in [1.807, 2.05) is 6.20 Å². The molecular formula is C17H22BrN3. The maximum Gasteiger partial charge on any atom is 0.203 e. The highest BCUT2D eigenvalue weighted by atomic mass is 79.9. The molecule has 3 nitrogen and oxygen atoms in total. The van der Waals surface area contributed by atoms with Crippen molar-refractivity contribution in [2.75, 3.05) is 5.32 Å². The molecule has 0 bridgehead atoms. The third kappa shape index (κ3) is 3.49. The number of nitrogens with zero attached hydrogens (tertiary/aromatic N) is 2. The van der Waals surface area contributed by atoms with Crippen LogP contribution in [0.2, 0.25) is 0 Å². The van der Waals surface area contributed by atoms with Gasteiger partial charge in [0.05, 0.1) is 6.04 Å². The van der Waals surface area contributed by atoms with Gasteiger partial charge in [0, 0.05) is 22.9 Å². The molecule has 0 radical (unpaired) electrons. The number of nitrogens with one attached hydrogen (secondary N) is 1. The van der Waals surface area contributed by atoms with E-state index < -0.39 is 0 Å². The molecule has 0 spiro atoms. The summed E-state index contributed by atoms with van der Waals surface area (Å²) in [5, 5.41) is 3.56. The Morgan fingerprint density at radius 2 is 1.90 bits per heavy atom. The van der Waals surface area contributed by atoms with Crippen LogP contribution < -0.4 is 5.32 Å². The summed E-state index contributed by atoms with van der Waals surface area (Å²) in [6.07, 6.45) is 10.6. The molecule has 1 heterocycles. The van der Waals surface area contributed by atoms with Crippen molar-refractivity contribution in [3.05, 3.63) is 46.7 Å². The fraction of sp³-hybridized carbons (Fsp3) is 0.471. The van der Waals surface area contributed by atoms with Crippen LogP contribution in [0.5, 0.6) is 0 Å². The second-order valence-corrected chi connectivity index (χ2v) is 6.78. The third-order valence-corrected chi connectivity index (χ3v) is 4.88. The topological polar surface area (TPSA) is 29.9 Å². The lowest BCUT2D eigenvalue weighted by Crippen LogP contribution is -2.17. The Kier molecular flexibility index (Phi) is 4.63. The zero-order valence-corrected chi connectivity index (χ0v) is 14.0. The average Bonchev–Trinajstić information content (AvgIpc) is 2.97. The minimum atomic E-state index is 0.253. The summed E-state index contributed by atoms with van der Waals surface area (Å²) >= 11 is 3.48. The summed E-state index contributed by atoms with van der Waals surface area (Å²) in [6, 6.07) is 9.33. The third-order valence-electron chi connectivity index (χ3n) is 4.35. The van der Waals surface area contributed by atoms with Crippen LogP contribution in [-0.4, -0.2) is 9.55 Å². The number of hydrogen-bond donors (Lipinski definition) is 1. The highest BCUT2D eigenvalue weighted by Gasteiger charge is 2.18. The molecule has 112 valence electrons. The molecule has 1 fully saturated rings. The number of hydrogen-bond acceptors (Lipinski definition) is 2. The van der Waals surface area contributed by atoms with E-state index >= 15 is 0 Å². The van der Waals surface area contributed by atoms with E-state index in [9.17, 15) is 0 Å². The van der Waals surface area contributed by atoms with E-state index in [-0.39, 0.29) is 6.04 Å². The average molecular weight is 348 g/mol. The summed E-state index contributed by atoms with van der Waals surface area (Å²) in [7, 11) is 0. The molecule has 1 unspecified atom stereocenters. The van der Waals surface area contributed by atoms with E-state index in [0.717, 1.165) is 10.4 Å². The first-order chi connectivity index (χ1) is 10.2. The molecule has 0 saturated heterocycles. The van der Waals surface area contributed by atoms with Gasteiger partial charge in [-0.15, -0.1) is 0 Å². The number of anilines is 1. The summed E-state index contributed by atoms with van der Waals surface area (Å²) in [5.74, 6) is 0.998. The zero-order valence-electron chi connectivity index (χ0n) is 12.4. The number of imidazole rings is 1.